The Morgan fingerprint density at radius 1 is 1.00 bits per heavy atom. The van der Waals surface area contributed by atoms with E-state index in [1.165, 1.54) is 18.2 Å². The highest BCUT2D eigenvalue weighted by Crippen LogP contribution is 2.27. The van der Waals surface area contributed by atoms with Crippen LogP contribution in [0.4, 0.5) is 5.69 Å². The zero-order chi connectivity index (χ0) is 17.0. The van der Waals surface area contributed by atoms with Crippen molar-refractivity contribution >= 4 is 64.1 Å². The molecule has 0 atom stereocenters. The van der Waals surface area contributed by atoms with Crippen LogP contribution in [-0.2, 0) is 4.79 Å². The molecule has 0 aromatic heterocycles. The van der Waals surface area contributed by atoms with Crippen molar-refractivity contribution in [3.8, 4) is 6.07 Å². The van der Waals surface area contributed by atoms with Crippen LogP contribution in [0.15, 0.2) is 42.0 Å². The molecule has 0 aliphatic rings. The molecular formula is C16H8Cl4N2O. The number of nitrogens with zero attached hydrogens (tertiary/aromatic N) is 1. The number of nitrogens with one attached hydrogen (secondary N) is 1. The van der Waals surface area contributed by atoms with Gasteiger partial charge in [0.1, 0.15) is 11.6 Å². The molecule has 2 rings (SSSR count). The molecule has 0 saturated carbocycles. The second-order valence-corrected chi connectivity index (χ2v) is 6.10. The first-order valence-electron chi connectivity index (χ1n) is 6.24. The van der Waals surface area contributed by atoms with Crippen LogP contribution in [0.2, 0.25) is 20.1 Å². The average Bonchev–Trinajstić information content (AvgIpc) is 2.50. The standard InChI is InChI=1S/C16H8Cl4N2O/c17-11-2-1-9(14(20)6-11)5-10(8-21)16(23)22-15-7-12(18)3-4-13(15)19/h1-7H,(H,22,23)/b10-5-. The molecule has 1 amide bonds. The molecule has 0 radical (unpaired) electrons. The maximum Gasteiger partial charge on any atom is 0.266 e. The minimum absolute atomic E-state index is 0.134. The van der Waals surface area contributed by atoms with Crippen LogP contribution >= 0.6 is 46.4 Å². The van der Waals surface area contributed by atoms with Gasteiger partial charge >= 0.3 is 0 Å². The van der Waals surface area contributed by atoms with E-state index in [0.29, 0.717) is 31.3 Å². The van der Waals surface area contributed by atoms with Gasteiger partial charge in [-0.3, -0.25) is 4.79 Å². The number of carbonyl (C=O) groups is 1. The van der Waals surface area contributed by atoms with Gasteiger partial charge in [0.25, 0.3) is 5.91 Å². The Morgan fingerprint density at radius 3 is 2.30 bits per heavy atom. The molecule has 0 aliphatic carbocycles. The number of rotatable bonds is 3. The van der Waals surface area contributed by atoms with Crippen LogP contribution in [0.25, 0.3) is 6.08 Å². The van der Waals surface area contributed by atoms with Gasteiger partial charge in [-0.2, -0.15) is 5.26 Å². The molecule has 116 valence electrons. The first kappa shape index (κ1) is 17.7. The lowest BCUT2D eigenvalue weighted by molar-refractivity contribution is -0.112. The SMILES string of the molecule is N#C/C(=C/c1ccc(Cl)cc1Cl)C(=O)Nc1cc(Cl)ccc1Cl. The minimum atomic E-state index is -0.623. The molecule has 0 aliphatic heterocycles. The summed E-state index contributed by atoms with van der Waals surface area (Å²) < 4.78 is 0. The predicted molar refractivity (Wildman–Crippen MR) is 95.1 cm³/mol. The summed E-state index contributed by atoms with van der Waals surface area (Å²) in [6, 6.07) is 11.2. The van der Waals surface area contributed by atoms with Crippen LogP contribution in [0.5, 0.6) is 0 Å². The molecule has 2 aromatic carbocycles. The van der Waals surface area contributed by atoms with Crippen molar-refractivity contribution in [1.29, 1.82) is 5.26 Å². The van der Waals surface area contributed by atoms with E-state index in [0.717, 1.165) is 0 Å². The highest BCUT2D eigenvalue weighted by Gasteiger charge is 2.12. The predicted octanol–water partition coefficient (Wildman–Crippen LogP) is 5.85. The summed E-state index contributed by atoms with van der Waals surface area (Å²) >= 11 is 23.7. The second kappa shape index (κ2) is 7.72. The highest BCUT2D eigenvalue weighted by atomic mass is 35.5. The molecule has 3 nitrogen and oxygen atoms in total. The number of anilines is 1. The van der Waals surface area contributed by atoms with E-state index in [1.807, 2.05) is 6.07 Å². The molecule has 0 saturated heterocycles. The van der Waals surface area contributed by atoms with Crippen LogP contribution in [0.3, 0.4) is 0 Å². The van der Waals surface area contributed by atoms with E-state index < -0.39 is 5.91 Å². The Morgan fingerprint density at radius 2 is 1.65 bits per heavy atom. The van der Waals surface area contributed by atoms with Gasteiger partial charge in [-0.1, -0.05) is 52.5 Å². The van der Waals surface area contributed by atoms with Crippen molar-refractivity contribution in [3.05, 3.63) is 67.6 Å². The lowest BCUT2D eigenvalue weighted by Gasteiger charge is -2.07. The van der Waals surface area contributed by atoms with Gasteiger partial charge in [-0.15, -0.1) is 0 Å². The normalized spacial score (nSPS) is 11.0. The van der Waals surface area contributed by atoms with Crippen molar-refractivity contribution in [2.45, 2.75) is 0 Å². The number of halogens is 4. The quantitative estimate of drug-likeness (QED) is 0.532. The smallest absolute Gasteiger partial charge is 0.266 e. The maximum absolute atomic E-state index is 12.2. The summed E-state index contributed by atoms with van der Waals surface area (Å²) in [7, 11) is 0. The summed E-state index contributed by atoms with van der Waals surface area (Å²) in [5.74, 6) is -0.623. The number of nitriles is 1. The van der Waals surface area contributed by atoms with Crippen LogP contribution < -0.4 is 5.32 Å². The van der Waals surface area contributed by atoms with Gasteiger partial charge in [-0.05, 0) is 42.0 Å². The number of amides is 1. The van der Waals surface area contributed by atoms with Crippen LogP contribution in [-0.4, -0.2) is 5.91 Å². The van der Waals surface area contributed by atoms with Gasteiger partial charge in [0, 0.05) is 15.1 Å². The molecule has 7 heteroatoms. The first-order chi connectivity index (χ1) is 10.9. The fourth-order valence-corrected chi connectivity index (χ4v) is 2.51. The van der Waals surface area contributed by atoms with E-state index in [2.05, 4.69) is 5.32 Å². The summed E-state index contributed by atoms with van der Waals surface area (Å²) in [6.45, 7) is 0. The van der Waals surface area contributed by atoms with Gasteiger partial charge < -0.3 is 5.32 Å². The van der Waals surface area contributed by atoms with Gasteiger partial charge in [0.2, 0.25) is 0 Å². The van der Waals surface area contributed by atoms with Crippen molar-refractivity contribution in [3.63, 3.8) is 0 Å². The van der Waals surface area contributed by atoms with E-state index in [-0.39, 0.29) is 5.57 Å². The third-order valence-corrected chi connectivity index (χ3v) is 3.93. The van der Waals surface area contributed by atoms with E-state index in [1.54, 1.807) is 24.3 Å². The maximum atomic E-state index is 12.2. The van der Waals surface area contributed by atoms with Gasteiger partial charge in [-0.25, -0.2) is 0 Å². The van der Waals surface area contributed by atoms with Gasteiger partial charge in [0.05, 0.1) is 10.7 Å². The second-order valence-electron chi connectivity index (χ2n) is 4.41. The number of benzene rings is 2. The largest absolute Gasteiger partial charge is 0.320 e. The molecule has 0 spiro atoms. The van der Waals surface area contributed by atoms with E-state index in [9.17, 15) is 10.1 Å². The third kappa shape index (κ3) is 4.63. The lowest BCUT2D eigenvalue weighted by Crippen LogP contribution is -2.13. The van der Waals surface area contributed by atoms with Crippen molar-refractivity contribution in [2.24, 2.45) is 0 Å². The summed E-state index contributed by atoms with van der Waals surface area (Å²) in [5, 5.41) is 13.2. The number of hydrogen-bond acceptors (Lipinski definition) is 2. The van der Waals surface area contributed by atoms with Crippen molar-refractivity contribution < 1.29 is 4.79 Å². The Kier molecular flexibility index (Phi) is 5.92. The summed E-state index contributed by atoms with van der Waals surface area (Å²) in [4.78, 5) is 12.2. The Labute approximate surface area is 153 Å². The molecule has 2 aromatic rings. The molecular weight excluding hydrogens is 378 g/mol. The fraction of sp³-hybridized carbons (Fsp3) is 0. The Bertz CT molecular complexity index is 840. The molecule has 0 heterocycles. The summed E-state index contributed by atoms with van der Waals surface area (Å²) in [5.41, 5.74) is 0.678. The number of hydrogen-bond donors (Lipinski definition) is 1. The fourth-order valence-electron chi connectivity index (χ4n) is 1.71. The van der Waals surface area contributed by atoms with Crippen molar-refractivity contribution in [2.75, 3.05) is 5.32 Å². The van der Waals surface area contributed by atoms with E-state index in [4.69, 9.17) is 46.4 Å². The number of carbonyl (C=O) groups excluding carboxylic acids is 1. The zero-order valence-corrected chi connectivity index (χ0v) is 14.4. The Hall–Kier alpha value is -1.70. The zero-order valence-electron chi connectivity index (χ0n) is 11.4. The monoisotopic (exact) mass is 384 g/mol. The molecule has 0 unspecified atom stereocenters. The van der Waals surface area contributed by atoms with Gasteiger partial charge in [0.15, 0.2) is 0 Å². The average molecular weight is 386 g/mol. The van der Waals surface area contributed by atoms with E-state index >= 15 is 0 Å². The molecule has 0 bridgehead atoms. The topological polar surface area (TPSA) is 52.9 Å². The first-order valence-corrected chi connectivity index (χ1v) is 7.75. The summed E-state index contributed by atoms with van der Waals surface area (Å²) in [6.07, 6.45) is 1.37. The van der Waals surface area contributed by atoms with Crippen LogP contribution in [0.1, 0.15) is 5.56 Å². The molecule has 1 N–H and O–H groups in total. The Balaban J connectivity index is 2.30. The molecule has 23 heavy (non-hydrogen) atoms. The lowest BCUT2D eigenvalue weighted by atomic mass is 10.1. The third-order valence-electron chi connectivity index (χ3n) is 2.80. The van der Waals surface area contributed by atoms with Crippen LogP contribution in [0, 0.1) is 11.3 Å². The minimum Gasteiger partial charge on any atom is -0.320 e. The van der Waals surface area contributed by atoms with Crippen molar-refractivity contribution in [1.82, 2.24) is 0 Å². The highest BCUT2D eigenvalue weighted by molar-refractivity contribution is 6.36. The molecule has 0 fully saturated rings.